The second kappa shape index (κ2) is 3.51. The first-order valence-electron chi connectivity index (χ1n) is 2.68. The number of thioether (sulfide) groups is 1. The zero-order chi connectivity index (χ0) is 9.99. The number of hydrogen-bond donors (Lipinski definition) is 0. The lowest BCUT2D eigenvalue weighted by molar-refractivity contribution is -0.199. The number of esters is 1. The van der Waals surface area contributed by atoms with Gasteiger partial charge in [-0.05, 0) is 6.26 Å². The van der Waals surface area contributed by atoms with E-state index in [4.69, 9.17) is 0 Å². The Kier molecular flexibility index (Phi) is 3.37. The molecular weight excluding hydrogens is 200 g/mol. The minimum Gasteiger partial charge on any atom is -0.464 e. The van der Waals surface area contributed by atoms with Crippen molar-refractivity contribution in [1.82, 2.24) is 0 Å². The Morgan fingerprint density at radius 1 is 1.33 bits per heavy atom. The summed E-state index contributed by atoms with van der Waals surface area (Å²) in [5, 5.41) is -4.43. The Bertz CT molecular complexity index is 182. The number of rotatable bonds is 3. The first kappa shape index (κ1) is 11.5. The number of alkyl halides is 4. The van der Waals surface area contributed by atoms with Crippen LogP contribution in [-0.4, -0.2) is 30.5 Å². The van der Waals surface area contributed by atoms with Crippen molar-refractivity contribution in [2.24, 2.45) is 0 Å². The van der Waals surface area contributed by atoms with Gasteiger partial charge in [0.2, 0.25) is 0 Å². The predicted octanol–water partition coefficient (Wildman–Crippen LogP) is 1.75. The van der Waals surface area contributed by atoms with Crippen LogP contribution < -0.4 is 0 Å². The second-order valence-electron chi connectivity index (χ2n) is 1.79. The van der Waals surface area contributed by atoms with Crippen LogP contribution in [0.5, 0.6) is 0 Å². The van der Waals surface area contributed by atoms with Gasteiger partial charge in [-0.25, -0.2) is 4.79 Å². The maximum absolute atomic E-state index is 12.4. The van der Waals surface area contributed by atoms with Crippen LogP contribution in [0.25, 0.3) is 0 Å². The highest BCUT2D eigenvalue weighted by Crippen LogP contribution is 2.42. The van der Waals surface area contributed by atoms with Gasteiger partial charge in [0.1, 0.15) is 0 Å². The van der Waals surface area contributed by atoms with E-state index in [1.165, 1.54) is 0 Å². The summed E-state index contributed by atoms with van der Waals surface area (Å²) in [6.45, 7) is 0. The van der Waals surface area contributed by atoms with E-state index in [-0.39, 0.29) is 0 Å². The third-order valence-electron chi connectivity index (χ3n) is 1.06. The zero-order valence-electron chi connectivity index (χ0n) is 6.24. The van der Waals surface area contributed by atoms with Gasteiger partial charge >= 0.3 is 17.1 Å². The first-order chi connectivity index (χ1) is 5.29. The summed E-state index contributed by atoms with van der Waals surface area (Å²) in [5.74, 6) is -7.01. The molecule has 0 heterocycles. The van der Waals surface area contributed by atoms with Gasteiger partial charge in [0.25, 0.3) is 0 Å². The van der Waals surface area contributed by atoms with Gasteiger partial charge < -0.3 is 4.74 Å². The van der Waals surface area contributed by atoms with Gasteiger partial charge in [0, 0.05) is 0 Å². The number of halogens is 4. The van der Waals surface area contributed by atoms with E-state index in [0.717, 1.165) is 6.26 Å². The van der Waals surface area contributed by atoms with Crippen molar-refractivity contribution in [3.8, 4) is 0 Å². The van der Waals surface area contributed by atoms with Crippen molar-refractivity contribution < 1.29 is 27.1 Å². The van der Waals surface area contributed by atoms with Gasteiger partial charge in [-0.1, -0.05) is 11.8 Å². The standard InChI is InChI=1S/C5H6F4O2S/c1-11-3(10)4(6,7)5(8,9)12-2/h1-2H3. The average molecular weight is 206 g/mol. The zero-order valence-corrected chi connectivity index (χ0v) is 7.05. The Balaban J connectivity index is 4.71. The summed E-state index contributed by atoms with van der Waals surface area (Å²) in [5.41, 5.74) is 0. The summed E-state index contributed by atoms with van der Waals surface area (Å²) in [7, 11) is 0.618. The number of carbonyl (C=O) groups excluding carboxylic acids is 1. The molecule has 0 unspecified atom stereocenters. The molecule has 0 atom stereocenters. The van der Waals surface area contributed by atoms with Gasteiger partial charge in [0.05, 0.1) is 7.11 Å². The van der Waals surface area contributed by atoms with Crippen LogP contribution in [0, 0.1) is 0 Å². The van der Waals surface area contributed by atoms with Gasteiger partial charge in [-0.2, -0.15) is 17.6 Å². The molecule has 2 nitrogen and oxygen atoms in total. The maximum Gasteiger partial charge on any atom is 0.414 e. The molecule has 0 aromatic rings. The highest BCUT2D eigenvalue weighted by molar-refractivity contribution is 7.99. The summed E-state index contributed by atoms with van der Waals surface area (Å²) < 4.78 is 52.8. The third-order valence-corrected chi connectivity index (χ3v) is 1.83. The van der Waals surface area contributed by atoms with Crippen molar-refractivity contribution in [2.45, 2.75) is 11.2 Å². The molecule has 0 bridgehead atoms. The van der Waals surface area contributed by atoms with Gasteiger partial charge in [0.15, 0.2) is 0 Å². The Morgan fingerprint density at radius 2 is 1.75 bits per heavy atom. The molecule has 0 amide bonds. The van der Waals surface area contributed by atoms with E-state index < -0.39 is 28.9 Å². The van der Waals surface area contributed by atoms with Crippen LogP contribution in [0.15, 0.2) is 0 Å². The molecule has 0 aliphatic carbocycles. The van der Waals surface area contributed by atoms with Crippen LogP contribution in [0.4, 0.5) is 17.6 Å². The number of methoxy groups -OCH3 is 1. The Morgan fingerprint density at radius 3 is 2.00 bits per heavy atom. The van der Waals surface area contributed by atoms with Gasteiger partial charge in [-0.3, -0.25) is 0 Å². The molecule has 0 saturated heterocycles. The van der Waals surface area contributed by atoms with Crippen molar-refractivity contribution in [2.75, 3.05) is 13.4 Å². The fourth-order valence-corrected chi connectivity index (χ4v) is 0.715. The van der Waals surface area contributed by atoms with Gasteiger partial charge in [-0.15, -0.1) is 0 Å². The quantitative estimate of drug-likeness (QED) is 0.519. The third kappa shape index (κ3) is 1.82. The molecule has 0 aromatic carbocycles. The number of ether oxygens (including phenoxy) is 1. The lowest BCUT2D eigenvalue weighted by Crippen LogP contribution is -2.45. The van der Waals surface area contributed by atoms with Crippen molar-refractivity contribution in [3.63, 3.8) is 0 Å². The van der Waals surface area contributed by atoms with Crippen molar-refractivity contribution in [1.29, 1.82) is 0 Å². The molecule has 0 N–H and O–H groups in total. The van der Waals surface area contributed by atoms with E-state index in [1.807, 2.05) is 0 Å². The molecule has 7 heteroatoms. The first-order valence-corrected chi connectivity index (χ1v) is 3.91. The summed E-state index contributed by atoms with van der Waals surface area (Å²) >= 11 is -0.406. The highest BCUT2D eigenvalue weighted by Gasteiger charge is 2.62. The SMILES string of the molecule is COC(=O)C(F)(F)C(F)(F)SC. The lowest BCUT2D eigenvalue weighted by Gasteiger charge is -2.21. The predicted molar refractivity (Wildman–Crippen MR) is 35.4 cm³/mol. The molecule has 0 aliphatic rings. The van der Waals surface area contributed by atoms with Crippen LogP contribution in [0.2, 0.25) is 0 Å². The molecule has 0 radical (unpaired) electrons. The van der Waals surface area contributed by atoms with E-state index in [1.54, 1.807) is 0 Å². The molecule has 72 valence electrons. The summed E-state index contributed by atoms with van der Waals surface area (Å²) in [6, 6.07) is 0. The molecule has 0 aromatic heterocycles. The van der Waals surface area contributed by atoms with E-state index in [9.17, 15) is 22.4 Å². The van der Waals surface area contributed by atoms with Crippen LogP contribution >= 0.6 is 11.8 Å². The monoisotopic (exact) mass is 206 g/mol. The van der Waals surface area contributed by atoms with E-state index >= 15 is 0 Å². The minimum atomic E-state index is -4.78. The largest absolute Gasteiger partial charge is 0.464 e. The molecule has 0 fully saturated rings. The molecule has 0 aliphatic heterocycles. The van der Waals surface area contributed by atoms with Crippen LogP contribution in [0.3, 0.4) is 0 Å². The molecule has 12 heavy (non-hydrogen) atoms. The van der Waals surface area contributed by atoms with E-state index in [2.05, 4.69) is 4.74 Å². The Hall–Kier alpha value is -0.460. The average Bonchev–Trinajstić information content (AvgIpc) is 2.02. The summed E-state index contributed by atoms with van der Waals surface area (Å²) in [6.07, 6.45) is 0.775. The second-order valence-corrected chi connectivity index (χ2v) is 2.71. The molecule has 0 spiro atoms. The smallest absolute Gasteiger partial charge is 0.414 e. The fourth-order valence-electron chi connectivity index (χ4n) is 0.375. The fraction of sp³-hybridized carbons (Fsp3) is 0.800. The topological polar surface area (TPSA) is 26.3 Å². The number of carbonyl (C=O) groups is 1. The molecule has 0 rings (SSSR count). The molecular formula is C5H6F4O2S. The number of hydrogen-bond acceptors (Lipinski definition) is 3. The lowest BCUT2D eigenvalue weighted by atomic mass is 10.3. The minimum absolute atomic E-state index is 0.406. The maximum atomic E-state index is 12.4. The van der Waals surface area contributed by atoms with Crippen LogP contribution in [0.1, 0.15) is 0 Å². The normalized spacial score (nSPS) is 12.8. The molecule has 0 saturated carbocycles. The highest BCUT2D eigenvalue weighted by atomic mass is 32.2. The Labute approximate surface area is 70.3 Å². The summed E-state index contributed by atoms with van der Waals surface area (Å²) in [4.78, 5) is 10.2. The van der Waals surface area contributed by atoms with E-state index in [0.29, 0.717) is 7.11 Å². The van der Waals surface area contributed by atoms with Crippen LogP contribution in [-0.2, 0) is 9.53 Å². The van der Waals surface area contributed by atoms with Crippen molar-refractivity contribution in [3.05, 3.63) is 0 Å². The van der Waals surface area contributed by atoms with Crippen molar-refractivity contribution >= 4 is 17.7 Å².